The van der Waals surface area contributed by atoms with Crippen molar-refractivity contribution in [3.63, 3.8) is 0 Å². The van der Waals surface area contributed by atoms with Crippen molar-refractivity contribution in [1.82, 2.24) is 5.32 Å². The molecular weight excluding hydrogens is 955 g/mol. The van der Waals surface area contributed by atoms with Crippen molar-refractivity contribution in [2.24, 2.45) is 70.0 Å². The van der Waals surface area contributed by atoms with Gasteiger partial charge in [-0.25, -0.2) is 4.79 Å². The third kappa shape index (κ3) is 11.5. The smallest absolute Gasteiger partial charge is 0.332 e. The molecule has 424 valence electrons. The molecule has 2 heterocycles. The fraction of sp³-hybridized carbons (Fsp3) is 0.947. The van der Waals surface area contributed by atoms with Crippen molar-refractivity contribution >= 4 is 17.8 Å². The number of rotatable bonds is 17. The van der Waals surface area contributed by atoms with Gasteiger partial charge < -0.3 is 69.5 Å². The SMILES string of the molecule is CCC[C@@H](C)[C@H]1CC[C@H]2[C@@H]3[C@H](O)C[C@@H]4C[C@@H](C)CC[C@]4(C)[C@H]3C[C@H](OC(=O)C3C[C@@H](CC)[C@@H](OC4O[C@@H](C)[C@H](O)C(O)[C@@H]4O)[C@H](O[C@@H]4O[C@@H](CO)[C@H](O)C(O[C@@H](CC5CCCCC5)C(=O)O)C4NC(C)=O)C3)[C@]12C. The molecule has 17 nitrogen and oxygen atoms in total. The molecule has 5 unspecified atom stereocenters. The summed E-state index contributed by atoms with van der Waals surface area (Å²) in [6.07, 6.45) is -2.48. The van der Waals surface area contributed by atoms with Crippen molar-refractivity contribution in [3.8, 4) is 0 Å². The second kappa shape index (κ2) is 24.1. The van der Waals surface area contributed by atoms with E-state index in [9.17, 15) is 45.3 Å². The Balaban J connectivity index is 1.12. The number of aliphatic carboxylic acids is 1. The molecule has 0 aromatic heterocycles. The summed E-state index contributed by atoms with van der Waals surface area (Å²) >= 11 is 0. The molecule has 74 heavy (non-hydrogen) atoms. The summed E-state index contributed by atoms with van der Waals surface area (Å²) in [5.74, 6) is -1.09. The van der Waals surface area contributed by atoms with E-state index in [2.05, 4.69) is 39.9 Å². The van der Waals surface area contributed by atoms with E-state index >= 15 is 4.79 Å². The molecule has 0 aromatic rings. The number of ether oxygens (including phenoxy) is 6. The van der Waals surface area contributed by atoms with E-state index in [-0.39, 0.29) is 53.3 Å². The number of hydrogen-bond donors (Lipinski definition) is 8. The zero-order valence-corrected chi connectivity index (χ0v) is 45.7. The quantitative estimate of drug-likeness (QED) is 0.0821. The van der Waals surface area contributed by atoms with Crippen LogP contribution in [0.5, 0.6) is 0 Å². The van der Waals surface area contributed by atoms with E-state index in [4.69, 9.17) is 28.4 Å². The molecule has 8 N–H and O–H groups in total. The zero-order chi connectivity index (χ0) is 53.6. The zero-order valence-electron chi connectivity index (χ0n) is 45.7. The van der Waals surface area contributed by atoms with Crippen molar-refractivity contribution in [3.05, 3.63) is 0 Å². The van der Waals surface area contributed by atoms with Crippen molar-refractivity contribution in [2.75, 3.05) is 6.61 Å². The topological polar surface area (TPSA) is 260 Å². The molecule has 8 rings (SSSR count). The standard InChI is InChI=1S/C57H95NO16/c1-9-14-29(4)36-17-18-37-44-38(56(7)20-19-28(3)21-35(56)25-39(44)61)26-43(57(36,37)8)73-53(68)34-23-33(10-2)50(74-55-49(65)48(64)46(62)30(5)69-55)40(24-34)71-54-45(58-31(6)60)51(47(63)42(27-59)72-54)70-41(52(66)67)22-32-15-12-11-13-16-32/h28-30,32-51,54-55,59,61-65H,9-27H2,1-8H3,(H,58,60)(H,66,67)/t28-,29+,30-,33+,34?,35-,36+,37-,38-,39+,40+,41-,42-,43-,44-,45?,46-,47-,48?,49-,50+,51?,54+,55?,56-,57+/m0/s1. The number of nitrogens with one attached hydrogen (secondary N) is 1. The average molecular weight is 1050 g/mol. The Morgan fingerprint density at radius 1 is 0.797 bits per heavy atom. The highest BCUT2D eigenvalue weighted by Crippen LogP contribution is 2.69. The Labute approximate surface area is 439 Å². The number of esters is 1. The minimum absolute atomic E-state index is 0.0103. The van der Waals surface area contributed by atoms with E-state index in [0.717, 1.165) is 83.5 Å². The van der Waals surface area contributed by atoms with Gasteiger partial charge in [0.2, 0.25) is 5.91 Å². The van der Waals surface area contributed by atoms with Crippen LogP contribution in [0.25, 0.3) is 0 Å². The van der Waals surface area contributed by atoms with Crippen LogP contribution in [0.2, 0.25) is 0 Å². The Bertz CT molecular complexity index is 1890. The predicted octanol–water partition coefficient (Wildman–Crippen LogP) is 5.64. The number of fused-ring (bicyclic) bond motifs is 5. The maximum absolute atomic E-state index is 15.4. The second-order valence-corrected chi connectivity index (χ2v) is 25.6. The second-order valence-electron chi connectivity index (χ2n) is 25.6. The van der Waals surface area contributed by atoms with Crippen LogP contribution in [-0.2, 0) is 42.8 Å². The van der Waals surface area contributed by atoms with E-state index in [1.165, 1.54) is 6.92 Å². The summed E-state index contributed by atoms with van der Waals surface area (Å²) in [6.45, 7) is 15.7. The summed E-state index contributed by atoms with van der Waals surface area (Å²) in [5, 5.41) is 80.7. The summed E-state index contributed by atoms with van der Waals surface area (Å²) in [7, 11) is 0. The van der Waals surface area contributed by atoms with E-state index in [0.29, 0.717) is 42.9 Å². The Kier molecular flexibility index (Phi) is 19.0. The van der Waals surface area contributed by atoms with Gasteiger partial charge in [-0.05, 0) is 123 Å². The first-order valence-corrected chi connectivity index (χ1v) is 29.1. The Morgan fingerprint density at radius 3 is 2.19 bits per heavy atom. The van der Waals surface area contributed by atoms with Crippen LogP contribution >= 0.6 is 0 Å². The van der Waals surface area contributed by atoms with Gasteiger partial charge in [-0.15, -0.1) is 0 Å². The van der Waals surface area contributed by atoms with Crippen LogP contribution in [0.15, 0.2) is 0 Å². The molecule has 17 heteroatoms. The van der Waals surface area contributed by atoms with E-state index < -0.39 is 122 Å². The average Bonchev–Trinajstić information content (AvgIpc) is 3.73. The molecular formula is C57H95NO16. The van der Waals surface area contributed by atoms with Gasteiger partial charge in [0, 0.05) is 12.3 Å². The van der Waals surface area contributed by atoms with Gasteiger partial charge >= 0.3 is 11.9 Å². The lowest BCUT2D eigenvalue weighted by Crippen LogP contribution is -2.67. The van der Waals surface area contributed by atoms with Gasteiger partial charge in [-0.1, -0.05) is 99.3 Å². The fourth-order valence-corrected chi connectivity index (χ4v) is 17.0. The van der Waals surface area contributed by atoms with Crippen LogP contribution in [-0.4, -0.2) is 152 Å². The highest BCUT2D eigenvalue weighted by atomic mass is 16.7. The van der Waals surface area contributed by atoms with Gasteiger partial charge in [-0.2, -0.15) is 0 Å². The maximum atomic E-state index is 15.4. The Morgan fingerprint density at radius 2 is 1.53 bits per heavy atom. The maximum Gasteiger partial charge on any atom is 0.332 e. The predicted molar refractivity (Wildman–Crippen MR) is 271 cm³/mol. The van der Waals surface area contributed by atoms with Gasteiger partial charge in [0.25, 0.3) is 0 Å². The number of aliphatic hydroxyl groups excluding tert-OH is 6. The van der Waals surface area contributed by atoms with Gasteiger partial charge in [-0.3, -0.25) is 9.59 Å². The van der Waals surface area contributed by atoms with Crippen LogP contribution < -0.4 is 5.32 Å². The first kappa shape index (κ1) is 58.1. The number of carboxylic acid groups (broad SMARTS) is 1. The largest absolute Gasteiger partial charge is 0.479 e. The number of carboxylic acids is 1. The summed E-state index contributed by atoms with van der Waals surface area (Å²) in [4.78, 5) is 41.4. The monoisotopic (exact) mass is 1050 g/mol. The number of carbonyl (C=O) groups is 3. The molecule has 6 saturated carbocycles. The van der Waals surface area contributed by atoms with Crippen LogP contribution in [0.3, 0.4) is 0 Å². The number of amides is 1. The molecule has 26 atom stereocenters. The normalized spacial score (nSPS) is 47.6. The highest BCUT2D eigenvalue weighted by molar-refractivity contribution is 5.74. The minimum Gasteiger partial charge on any atom is -0.479 e. The van der Waals surface area contributed by atoms with Gasteiger partial charge in [0.15, 0.2) is 18.7 Å². The molecule has 2 aliphatic heterocycles. The summed E-state index contributed by atoms with van der Waals surface area (Å²) in [5.41, 5.74) is -0.369. The van der Waals surface area contributed by atoms with E-state index in [1.807, 2.05) is 6.92 Å². The first-order valence-electron chi connectivity index (χ1n) is 29.1. The number of aliphatic hydroxyl groups is 6. The molecule has 8 aliphatic rings. The van der Waals surface area contributed by atoms with Crippen LogP contribution in [0, 0.1) is 70.0 Å². The lowest BCUT2D eigenvalue weighted by molar-refractivity contribution is -0.339. The minimum atomic E-state index is -1.66. The van der Waals surface area contributed by atoms with Crippen molar-refractivity contribution < 1.29 is 78.6 Å². The third-order valence-corrected chi connectivity index (χ3v) is 21.1. The van der Waals surface area contributed by atoms with Crippen molar-refractivity contribution in [2.45, 2.75) is 263 Å². The molecule has 1 amide bonds. The van der Waals surface area contributed by atoms with Crippen LogP contribution in [0.1, 0.15) is 171 Å². The highest BCUT2D eigenvalue weighted by Gasteiger charge is 2.67. The first-order chi connectivity index (χ1) is 35.1. The van der Waals surface area contributed by atoms with E-state index in [1.54, 1.807) is 6.92 Å². The number of hydrogen-bond acceptors (Lipinski definition) is 15. The lowest BCUT2D eigenvalue weighted by Gasteiger charge is -2.64. The molecule has 2 saturated heterocycles. The molecule has 0 spiro atoms. The molecule has 0 aromatic carbocycles. The molecule has 0 radical (unpaired) electrons. The van der Waals surface area contributed by atoms with Crippen molar-refractivity contribution in [1.29, 1.82) is 0 Å². The molecule has 6 aliphatic carbocycles. The third-order valence-electron chi connectivity index (χ3n) is 21.1. The summed E-state index contributed by atoms with van der Waals surface area (Å²) < 4.78 is 39.3. The van der Waals surface area contributed by atoms with Gasteiger partial charge in [0.05, 0.1) is 36.9 Å². The lowest BCUT2D eigenvalue weighted by atomic mass is 9.42. The van der Waals surface area contributed by atoms with Crippen LogP contribution in [0.4, 0.5) is 0 Å². The van der Waals surface area contributed by atoms with Gasteiger partial charge in [0.1, 0.15) is 48.8 Å². The molecule has 8 fully saturated rings. The number of carbonyl (C=O) groups excluding carboxylic acids is 2. The Hall–Kier alpha value is -2.03. The summed E-state index contributed by atoms with van der Waals surface area (Å²) in [6, 6.07) is -1.31. The fourth-order valence-electron chi connectivity index (χ4n) is 17.0. The molecule has 0 bridgehead atoms.